The zero-order valence-electron chi connectivity index (χ0n) is 16.4. The predicted molar refractivity (Wildman–Crippen MR) is 110 cm³/mol. The van der Waals surface area contributed by atoms with E-state index in [9.17, 15) is 13.2 Å². The fourth-order valence-corrected chi connectivity index (χ4v) is 5.20. The van der Waals surface area contributed by atoms with Crippen LogP contribution in [0.25, 0.3) is 0 Å². The molecule has 0 saturated carbocycles. The number of aromatic nitrogens is 2. The molecule has 1 aliphatic heterocycles. The molecule has 2 heterocycles. The summed E-state index contributed by atoms with van der Waals surface area (Å²) in [5.41, 5.74) is 0.465. The van der Waals surface area contributed by atoms with Crippen LogP contribution >= 0.6 is 11.3 Å². The van der Waals surface area contributed by atoms with Crippen molar-refractivity contribution in [2.24, 2.45) is 5.92 Å². The molecule has 3 rings (SSSR count). The summed E-state index contributed by atoms with van der Waals surface area (Å²) < 4.78 is 27.1. The smallest absolute Gasteiger partial charge is 0.243 e. The van der Waals surface area contributed by atoms with E-state index in [0.717, 1.165) is 17.8 Å². The molecule has 0 radical (unpaired) electrons. The van der Waals surface area contributed by atoms with Crippen LogP contribution < -0.4 is 5.32 Å². The van der Waals surface area contributed by atoms with Gasteiger partial charge < -0.3 is 5.32 Å². The van der Waals surface area contributed by atoms with Gasteiger partial charge in [0.1, 0.15) is 5.01 Å². The first-order valence-electron chi connectivity index (χ1n) is 9.48. The van der Waals surface area contributed by atoms with Crippen molar-refractivity contribution >= 4 is 32.3 Å². The molecular weight excluding hydrogens is 396 g/mol. The lowest BCUT2D eigenvalue weighted by Gasteiger charge is -2.29. The van der Waals surface area contributed by atoms with Gasteiger partial charge in [-0.3, -0.25) is 4.79 Å². The molecule has 0 aliphatic carbocycles. The van der Waals surface area contributed by atoms with E-state index in [1.807, 2.05) is 13.8 Å². The largest absolute Gasteiger partial charge is 0.353 e. The van der Waals surface area contributed by atoms with Crippen molar-refractivity contribution in [3.8, 4) is 0 Å². The molecule has 2 aromatic rings. The minimum absolute atomic E-state index is 0.0861. The van der Waals surface area contributed by atoms with Crippen molar-refractivity contribution < 1.29 is 13.2 Å². The van der Waals surface area contributed by atoms with Gasteiger partial charge in [0.05, 0.1) is 11.4 Å². The number of hydrogen-bond donors (Lipinski definition) is 1. The number of nitrogens with zero attached hydrogens (tertiary/aromatic N) is 3. The monoisotopic (exact) mass is 422 g/mol. The van der Waals surface area contributed by atoms with Gasteiger partial charge in [0.15, 0.2) is 5.78 Å². The minimum atomic E-state index is -3.50. The Hall–Kier alpha value is -1.84. The summed E-state index contributed by atoms with van der Waals surface area (Å²) in [5.74, 6) is 0.724. The SMILES string of the molecule is CC1CCN(S(=O)(=O)c2ccc(C(=O)CNc3nnc(C(C)C)s3)cc2)CC1. The van der Waals surface area contributed by atoms with Crippen molar-refractivity contribution in [1.29, 1.82) is 0 Å². The van der Waals surface area contributed by atoms with Crippen LogP contribution in [0, 0.1) is 5.92 Å². The van der Waals surface area contributed by atoms with Crippen LogP contribution in [0.1, 0.15) is 54.9 Å². The fourth-order valence-electron chi connectivity index (χ4n) is 2.98. The highest BCUT2D eigenvalue weighted by molar-refractivity contribution is 7.89. The molecule has 0 unspecified atom stereocenters. The molecule has 1 N–H and O–H groups in total. The lowest BCUT2D eigenvalue weighted by molar-refractivity contribution is 0.101. The van der Waals surface area contributed by atoms with E-state index in [-0.39, 0.29) is 17.2 Å². The first-order valence-corrected chi connectivity index (χ1v) is 11.7. The topological polar surface area (TPSA) is 92.3 Å². The number of Topliss-reactive ketones (excluding diaryl/α,β-unsaturated/α-hetero) is 1. The average Bonchev–Trinajstić information content (AvgIpc) is 3.16. The summed E-state index contributed by atoms with van der Waals surface area (Å²) >= 11 is 1.43. The summed E-state index contributed by atoms with van der Waals surface area (Å²) in [4.78, 5) is 12.6. The molecule has 1 saturated heterocycles. The molecule has 1 aromatic carbocycles. The lowest BCUT2D eigenvalue weighted by Crippen LogP contribution is -2.37. The molecule has 1 aliphatic rings. The van der Waals surface area contributed by atoms with Gasteiger partial charge in [0.25, 0.3) is 0 Å². The third-order valence-corrected chi connectivity index (χ3v) is 7.99. The molecule has 28 heavy (non-hydrogen) atoms. The Morgan fingerprint density at radius 2 is 1.86 bits per heavy atom. The van der Waals surface area contributed by atoms with E-state index in [1.165, 1.54) is 27.8 Å². The standard InChI is InChI=1S/C19H26N4O3S2/c1-13(2)18-21-22-19(27-18)20-12-17(24)15-4-6-16(7-5-15)28(25,26)23-10-8-14(3)9-11-23/h4-7,13-14H,8-12H2,1-3H3,(H,20,22). The summed E-state index contributed by atoms with van der Waals surface area (Å²) in [5, 5.41) is 12.6. The van der Waals surface area contributed by atoms with Gasteiger partial charge in [-0.1, -0.05) is 32.1 Å². The first-order chi connectivity index (χ1) is 13.3. The predicted octanol–water partition coefficient (Wildman–Crippen LogP) is 3.38. The average molecular weight is 423 g/mol. The highest BCUT2D eigenvalue weighted by Crippen LogP contribution is 2.24. The van der Waals surface area contributed by atoms with Crippen LogP contribution in [0.5, 0.6) is 0 Å². The lowest BCUT2D eigenvalue weighted by atomic mass is 10.0. The summed E-state index contributed by atoms with van der Waals surface area (Å²) in [7, 11) is -3.50. The van der Waals surface area contributed by atoms with Gasteiger partial charge in [0.2, 0.25) is 15.2 Å². The number of ketones is 1. The number of carbonyl (C=O) groups is 1. The molecule has 7 nitrogen and oxygen atoms in total. The Bertz CT molecular complexity index is 915. The Kier molecular flexibility index (Phi) is 6.47. The van der Waals surface area contributed by atoms with Crippen molar-refractivity contribution in [3.05, 3.63) is 34.8 Å². The minimum Gasteiger partial charge on any atom is -0.353 e. The van der Waals surface area contributed by atoms with E-state index < -0.39 is 10.0 Å². The van der Waals surface area contributed by atoms with E-state index in [4.69, 9.17) is 0 Å². The number of benzene rings is 1. The van der Waals surface area contributed by atoms with Gasteiger partial charge in [-0.15, -0.1) is 10.2 Å². The maximum Gasteiger partial charge on any atom is 0.243 e. The van der Waals surface area contributed by atoms with E-state index in [0.29, 0.717) is 35.6 Å². The third-order valence-electron chi connectivity index (χ3n) is 4.89. The summed E-state index contributed by atoms with van der Waals surface area (Å²) in [6, 6.07) is 6.18. The molecule has 1 aromatic heterocycles. The number of carbonyl (C=O) groups excluding carboxylic acids is 1. The Morgan fingerprint density at radius 1 is 1.21 bits per heavy atom. The Morgan fingerprint density at radius 3 is 2.43 bits per heavy atom. The normalized spacial score (nSPS) is 16.4. The van der Waals surface area contributed by atoms with Crippen molar-refractivity contribution in [1.82, 2.24) is 14.5 Å². The van der Waals surface area contributed by atoms with Gasteiger partial charge in [-0.05, 0) is 43.0 Å². The molecule has 0 bridgehead atoms. The third kappa shape index (κ3) is 4.76. The van der Waals surface area contributed by atoms with Crippen LogP contribution in [0.2, 0.25) is 0 Å². The molecule has 1 fully saturated rings. The quantitative estimate of drug-likeness (QED) is 0.688. The van der Waals surface area contributed by atoms with Gasteiger partial charge in [0, 0.05) is 24.6 Å². The summed E-state index contributed by atoms with van der Waals surface area (Å²) in [6.45, 7) is 7.40. The van der Waals surface area contributed by atoms with Crippen LogP contribution in [-0.4, -0.2) is 48.3 Å². The van der Waals surface area contributed by atoms with Crippen molar-refractivity contribution in [2.75, 3.05) is 25.0 Å². The van der Waals surface area contributed by atoms with Crippen LogP contribution in [0.15, 0.2) is 29.2 Å². The van der Waals surface area contributed by atoms with Crippen LogP contribution in [0.4, 0.5) is 5.13 Å². The number of rotatable bonds is 7. The number of sulfonamides is 1. The van der Waals surface area contributed by atoms with Crippen molar-refractivity contribution in [3.63, 3.8) is 0 Å². The molecule has 0 amide bonds. The van der Waals surface area contributed by atoms with Crippen LogP contribution in [-0.2, 0) is 10.0 Å². The van der Waals surface area contributed by atoms with Crippen LogP contribution in [0.3, 0.4) is 0 Å². The zero-order valence-corrected chi connectivity index (χ0v) is 18.0. The highest BCUT2D eigenvalue weighted by Gasteiger charge is 2.28. The van der Waals surface area contributed by atoms with E-state index in [1.54, 1.807) is 12.1 Å². The number of nitrogens with one attached hydrogen (secondary N) is 1. The molecule has 9 heteroatoms. The Balaban J connectivity index is 1.62. The number of piperidine rings is 1. The van der Waals surface area contributed by atoms with Gasteiger partial charge in [-0.25, -0.2) is 8.42 Å². The van der Waals surface area contributed by atoms with E-state index in [2.05, 4.69) is 22.4 Å². The van der Waals surface area contributed by atoms with Crippen molar-refractivity contribution in [2.45, 2.75) is 44.4 Å². The molecule has 0 spiro atoms. The van der Waals surface area contributed by atoms with Gasteiger partial charge >= 0.3 is 0 Å². The molecule has 152 valence electrons. The maximum atomic E-state index is 12.8. The molecule has 0 atom stereocenters. The summed E-state index contributed by atoms with van der Waals surface area (Å²) in [6.07, 6.45) is 1.76. The highest BCUT2D eigenvalue weighted by atomic mass is 32.2. The number of hydrogen-bond acceptors (Lipinski definition) is 7. The number of anilines is 1. The second kappa shape index (κ2) is 8.67. The van der Waals surface area contributed by atoms with Gasteiger partial charge in [-0.2, -0.15) is 4.31 Å². The Labute approximate surface area is 170 Å². The second-order valence-corrected chi connectivity index (χ2v) is 10.4. The van der Waals surface area contributed by atoms with E-state index >= 15 is 0 Å². The molecular formula is C19H26N4O3S2. The zero-order chi connectivity index (χ0) is 20.3. The fraction of sp³-hybridized carbons (Fsp3) is 0.526. The second-order valence-electron chi connectivity index (χ2n) is 7.49. The maximum absolute atomic E-state index is 12.8. The first kappa shape index (κ1) is 20.9.